The van der Waals surface area contributed by atoms with Gasteiger partial charge in [0.2, 0.25) is 0 Å². The van der Waals surface area contributed by atoms with Crippen LogP contribution >= 0.6 is 0 Å². The van der Waals surface area contributed by atoms with Gasteiger partial charge in [0, 0.05) is 12.1 Å². The van der Waals surface area contributed by atoms with Gasteiger partial charge in [-0.1, -0.05) is 0 Å². The molecule has 0 aliphatic carbocycles. The fraction of sp³-hybridized carbons (Fsp3) is 0.429. The summed E-state index contributed by atoms with van der Waals surface area (Å²) in [5.41, 5.74) is 0.238. The summed E-state index contributed by atoms with van der Waals surface area (Å²) in [6, 6.07) is 4.21. The Kier molecular flexibility index (Phi) is 5.03. The molecule has 0 unspecified atom stereocenters. The Labute approximate surface area is 112 Å². The molecule has 0 atom stereocenters. The van der Waals surface area contributed by atoms with Crippen molar-refractivity contribution in [1.29, 1.82) is 0 Å². The number of amides is 1. The van der Waals surface area contributed by atoms with Gasteiger partial charge in [-0.15, -0.1) is 0 Å². The van der Waals surface area contributed by atoms with Gasteiger partial charge in [-0.2, -0.15) is 0 Å². The second kappa shape index (κ2) is 6.31. The van der Waals surface area contributed by atoms with Gasteiger partial charge >= 0.3 is 6.09 Å². The van der Waals surface area contributed by atoms with Crippen LogP contribution in [0.3, 0.4) is 0 Å². The second-order valence-corrected chi connectivity index (χ2v) is 5.14. The largest absolute Gasteiger partial charge is 0.444 e. The maximum Gasteiger partial charge on any atom is 0.412 e. The van der Waals surface area contributed by atoms with Crippen LogP contribution < -0.4 is 5.32 Å². The number of aldehydes is 1. The third-order valence-electron chi connectivity index (χ3n) is 2.22. The molecular formula is C14H18FNO3. The van der Waals surface area contributed by atoms with E-state index in [1.807, 2.05) is 0 Å². The number of benzene rings is 1. The molecule has 1 aromatic carbocycles. The lowest BCUT2D eigenvalue weighted by atomic mass is 10.1. The Morgan fingerprint density at radius 3 is 2.68 bits per heavy atom. The second-order valence-electron chi connectivity index (χ2n) is 5.14. The van der Waals surface area contributed by atoms with E-state index in [0.717, 1.165) is 6.29 Å². The fourth-order valence-corrected chi connectivity index (χ4v) is 1.48. The van der Waals surface area contributed by atoms with Crippen molar-refractivity contribution < 1.29 is 18.7 Å². The van der Waals surface area contributed by atoms with Gasteiger partial charge in [-0.25, -0.2) is 9.18 Å². The average Bonchev–Trinajstić information content (AvgIpc) is 2.27. The third-order valence-corrected chi connectivity index (χ3v) is 2.22. The number of hydrogen-bond acceptors (Lipinski definition) is 3. The lowest BCUT2D eigenvalue weighted by molar-refractivity contribution is -0.107. The Hall–Kier alpha value is -1.91. The molecule has 0 bridgehead atoms. The van der Waals surface area contributed by atoms with Gasteiger partial charge in [0.1, 0.15) is 17.7 Å². The number of ether oxygens (including phenoxy) is 1. The van der Waals surface area contributed by atoms with Crippen LogP contribution in [0, 0.1) is 5.82 Å². The summed E-state index contributed by atoms with van der Waals surface area (Å²) >= 11 is 0. The number of rotatable bonds is 4. The quantitative estimate of drug-likeness (QED) is 0.851. The van der Waals surface area contributed by atoms with Crippen LogP contribution in [-0.4, -0.2) is 18.0 Å². The van der Waals surface area contributed by atoms with Crippen molar-refractivity contribution in [1.82, 2.24) is 0 Å². The van der Waals surface area contributed by atoms with Crippen molar-refractivity contribution in [2.75, 3.05) is 5.32 Å². The molecule has 1 amide bonds. The minimum atomic E-state index is -0.597. The van der Waals surface area contributed by atoms with E-state index in [9.17, 15) is 14.0 Å². The van der Waals surface area contributed by atoms with E-state index in [0.29, 0.717) is 17.7 Å². The highest BCUT2D eigenvalue weighted by Crippen LogP contribution is 2.17. The molecule has 0 saturated carbocycles. The molecule has 0 fully saturated rings. The van der Waals surface area contributed by atoms with Gasteiger partial charge < -0.3 is 9.53 Å². The van der Waals surface area contributed by atoms with Gasteiger partial charge in [0.25, 0.3) is 0 Å². The molecule has 1 aromatic rings. The molecule has 0 aliphatic heterocycles. The average molecular weight is 267 g/mol. The molecule has 1 rings (SSSR count). The first-order valence-electron chi connectivity index (χ1n) is 6.04. The SMILES string of the molecule is CC(C)(C)OC(=O)Nc1ccc(F)c(CCC=O)c1. The predicted octanol–water partition coefficient (Wildman–Crippen LogP) is 3.30. The number of nitrogens with one attached hydrogen (secondary N) is 1. The van der Waals surface area contributed by atoms with Crippen molar-refractivity contribution in [3.63, 3.8) is 0 Å². The molecule has 0 saturated heterocycles. The van der Waals surface area contributed by atoms with E-state index in [1.54, 1.807) is 20.8 Å². The van der Waals surface area contributed by atoms with E-state index >= 15 is 0 Å². The number of carbonyl (C=O) groups is 2. The maximum atomic E-state index is 13.4. The van der Waals surface area contributed by atoms with Gasteiger partial charge in [0.05, 0.1) is 0 Å². The van der Waals surface area contributed by atoms with E-state index in [1.165, 1.54) is 18.2 Å². The minimum absolute atomic E-state index is 0.243. The number of halogens is 1. The monoisotopic (exact) mass is 267 g/mol. The minimum Gasteiger partial charge on any atom is -0.444 e. The van der Waals surface area contributed by atoms with Gasteiger partial charge in [0.15, 0.2) is 0 Å². The molecule has 0 radical (unpaired) electrons. The molecule has 0 aromatic heterocycles. The third kappa shape index (κ3) is 5.50. The van der Waals surface area contributed by atoms with E-state index in [-0.39, 0.29) is 6.42 Å². The van der Waals surface area contributed by atoms with E-state index in [4.69, 9.17) is 4.74 Å². The van der Waals surface area contributed by atoms with Crippen molar-refractivity contribution in [3.05, 3.63) is 29.6 Å². The Morgan fingerprint density at radius 2 is 2.11 bits per heavy atom. The van der Waals surface area contributed by atoms with Crippen molar-refractivity contribution in [3.8, 4) is 0 Å². The molecule has 104 valence electrons. The molecule has 5 heteroatoms. The van der Waals surface area contributed by atoms with Gasteiger partial charge in [-0.05, 0) is 51.0 Å². The molecule has 19 heavy (non-hydrogen) atoms. The zero-order valence-electron chi connectivity index (χ0n) is 11.3. The van der Waals surface area contributed by atoms with Crippen LogP contribution in [0.2, 0.25) is 0 Å². The summed E-state index contributed by atoms with van der Waals surface area (Å²) < 4.78 is 18.5. The molecule has 0 aliphatic rings. The lowest BCUT2D eigenvalue weighted by Crippen LogP contribution is -2.27. The highest BCUT2D eigenvalue weighted by Gasteiger charge is 2.16. The predicted molar refractivity (Wildman–Crippen MR) is 70.6 cm³/mol. The molecular weight excluding hydrogens is 249 g/mol. The van der Waals surface area contributed by atoms with Crippen LogP contribution in [-0.2, 0) is 16.0 Å². The first-order valence-corrected chi connectivity index (χ1v) is 6.04. The Balaban J connectivity index is 2.73. The van der Waals surface area contributed by atoms with E-state index in [2.05, 4.69) is 5.32 Å². The summed E-state index contributed by atoms with van der Waals surface area (Å²) in [5, 5.41) is 2.53. The van der Waals surface area contributed by atoms with Crippen molar-refractivity contribution >= 4 is 18.1 Å². The van der Waals surface area contributed by atoms with Crippen molar-refractivity contribution in [2.24, 2.45) is 0 Å². The summed E-state index contributed by atoms with van der Waals surface area (Å²) in [6.45, 7) is 5.27. The first-order chi connectivity index (χ1) is 8.81. The molecule has 0 heterocycles. The van der Waals surface area contributed by atoms with Crippen LogP contribution in [0.4, 0.5) is 14.9 Å². The smallest absolute Gasteiger partial charge is 0.412 e. The fourth-order valence-electron chi connectivity index (χ4n) is 1.48. The Bertz CT molecular complexity index is 466. The lowest BCUT2D eigenvalue weighted by Gasteiger charge is -2.19. The highest BCUT2D eigenvalue weighted by atomic mass is 19.1. The normalized spacial score (nSPS) is 10.9. The zero-order chi connectivity index (χ0) is 14.5. The van der Waals surface area contributed by atoms with Gasteiger partial charge in [-0.3, -0.25) is 5.32 Å². The van der Waals surface area contributed by atoms with Crippen LogP contribution in [0.25, 0.3) is 0 Å². The van der Waals surface area contributed by atoms with Crippen LogP contribution in [0.5, 0.6) is 0 Å². The number of aryl methyl sites for hydroxylation is 1. The van der Waals surface area contributed by atoms with E-state index < -0.39 is 17.5 Å². The summed E-state index contributed by atoms with van der Waals surface area (Å²) in [7, 11) is 0. The number of anilines is 1. The summed E-state index contributed by atoms with van der Waals surface area (Å²) in [5.74, 6) is -0.392. The summed E-state index contributed by atoms with van der Waals surface area (Å²) in [4.78, 5) is 21.9. The maximum absolute atomic E-state index is 13.4. The Morgan fingerprint density at radius 1 is 1.42 bits per heavy atom. The van der Waals surface area contributed by atoms with Crippen LogP contribution in [0.15, 0.2) is 18.2 Å². The van der Waals surface area contributed by atoms with Crippen molar-refractivity contribution in [2.45, 2.75) is 39.2 Å². The molecule has 1 N–H and O–H groups in total. The first kappa shape index (κ1) is 15.1. The standard InChI is InChI=1S/C14H18FNO3/c1-14(2,3)19-13(18)16-11-6-7-12(15)10(9-11)5-4-8-17/h6-9H,4-5H2,1-3H3,(H,16,18). The molecule has 0 spiro atoms. The number of hydrogen-bond donors (Lipinski definition) is 1. The number of carbonyl (C=O) groups excluding carboxylic acids is 2. The topological polar surface area (TPSA) is 55.4 Å². The highest BCUT2D eigenvalue weighted by molar-refractivity contribution is 5.84. The molecule has 4 nitrogen and oxygen atoms in total. The van der Waals surface area contributed by atoms with Crippen LogP contribution in [0.1, 0.15) is 32.8 Å². The zero-order valence-corrected chi connectivity index (χ0v) is 11.3. The summed E-state index contributed by atoms with van der Waals surface area (Å²) in [6.07, 6.45) is 0.680.